The van der Waals surface area contributed by atoms with E-state index in [-0.39, 0.29) is 12.5 Å². The number of fused-ring (bicyclic) bond motifs is 1. The molecule has 2 aromatic rings. The molecule has 1 aliphatic heterocycles. The molecular weight excluding hydrogens is 344 g/mol. The van der Waals surface area contributed by atoms with Gasteiger partial charge in [-0.05, 0) is 39.7 Å². The molecule has 3 rings (SSSR count). The zero-order valence-electron chi connectivity index (χ0n) is 10.3. The summed E-state index contributed by atoms with van der Waals surface area (Å²) in [7, 11) is 0. The Hall–Kier alpha value is -1.59. The molecule has 4 nitrogen and oxygen atoms in total. The van der Waals surface area contributed by atoms with Crippen LogP contribution in [-0.4, -0.2) is 17.5 Å². The Morgan fingerprint density at radius 1 is 1.30 bits per heavy atom. The minimum atomic E-state index is -0.136. The molecule has 1 aromatic carbocycles. The number of nitrogens with zero attached hydrogens (tertiary/aromatic N) is 2. The van der Waals surface area contributed by atoms with E-state index in [0.717, 1.165) is 5.56 Å². The number of rotatable bonds is 2. The zero-order valence-corrected chi connectivity index (χ0v) is 12.7. The van der Waals surface area contributed by atoms with Crippen LogP contribution in [-0.2, 0) is 11.3 Å². The van der Waals surface area contributed by atoms with Gasteiger partial charge in [0.2, 0.25) is 0 Å². The predicted molar refractivity (Wildman–Crippen MR) is 80.1 cm³/mol. The van der Waals surface area contributed by atoms with E-state index < -0.39 is 0 Å². The first-order chi connectivity index (χ1) is 9.65. The Labute approximate surface area is 129 Å². The van der Waals surface area contributed by atoms with Crippen LogP contribution >= 0.6 is 27.5 Å². The van der Waals surface area contributed by atoms with Crippen LogP contribution in [0.3, 0.4) is 0 Å². The molecule has 0 atom stereocenters. The average molecular weight is 354 g/mol. The third-order valence-electron chi connectivity index (χ3n) is 3.00. The highest BCUT2D eigenvalue weighted by molar-refractivity contribution is 9.10. The van der Waals surface area contributed by atoms with E-state index in [1.165, 1.54) is 0 Å². The molecule has 0 saturated carbocycles. The fourth-order valence-corrected chi connectivity index (χ4v) is 2.51. The molecule has 20 heavy (non-hydrogen) atoms. The number of aromatic nitrogens is 1. The summed E-state index contributed by atoms with van der Waals surface area (Å²) in [5.41, 5.74) is 0.872. The van der Waals surface area contributed by atoms with Crippen LogP contribution in [0, 0.1) is 0 Å². The first-order valence-corrected chi connectivity index (χ1v) is 7.15. The normalized spacial score (nSPS) is 13.9. The molecule has 0 unspecified atom stereocenters. The van der Waals surface area contributed by atoms with Gasteiger partial charge < -0.3 is 4.74 Å². The molecule has 0 bridgehead atoms. The predicted octanol–water partition coefficient (Wildman–Crippen LogP) is 3.42. The van der Waals surface area contributed by atoms with Gasteiger partial charge >= 0.3 is 0 Å². The SMILES string of the molecule is O=C1COc2ccc(Br)nc2N1Cc1ccccc1Cl. The lowest BCUT2D eigenvalue weighted by molar-refractivity contribution is -0.121. The van der Waals surface area contributed by atoms with Crippen molar-refractivity contribution in [2.75, 3.05) is 11.5 Å². The minimum absolute atomic E-state index is 0.0146. The zero-order chi connectivity index (χ0) is 14.1. The second kappa shape index (κ2) is 5.42. The Bertz CT molecular complexity index is 678. The number of ether oxygens (including phenoxy) is 1. The minimum Gasteiger partial charge on any atom is -0.480 e. The van der Waals surface area contributed by atoms with E-state index in [0.29, 0.717) is 27.7 Å². The van der Waals surface area contributed by atoms with Gasteiger partial charge in [-0.1, -0.05) is 29.8 Å². The number of carbonyl (C=O) groups excluding carboxylic acids is 1. The van der Waals surface area contributed by atoms with Crippen molar-refractivity contribution in [3.05, 3.63) is 51.6 Å². The third kappa shape index (κ3) is 2.51. The summed E-state index contributed by atoms with van der Waals surface area (Å²) in [4.78, 5) is 18.0. The van der Waals surface area contributed by atoms with E-state index in [1.807, 2.05) is 18.2 Å². The maximum Gasteiger partial charge on any atom is 0.266 e. The second-order valence-electron chi connectivity index (χ2n) is 4.32. The van der Waals surface area contributed by atoms with Crippen molar-refractivity contribution in [2.24, 2.45) is 0 Å². The largest absolute Gasteiger partial charge is 0.480 e. The number of pyridine rings is 1. The van der Waals surface area contributed by atoms with Crippen molar-refractivity contribution in [3.63, 3.8) is 0 Å². The molecule has 6 heteroatoms. The summed E-state index contributed by atoms with van der Waals surface area (Å²) < 4.78 is 6.03. The van der Waals surface area contributed by atoms with Crippen molar-refractivity contribution in [2.45, 2.75) is 6.54 Å². The monoisotopic (exact) mass is 352 g/mol. The quantitative estimate of drug-likeness (QED) is 0.777. The molecular formula is C14H10BrClN2O2. The van der Waals surface area contributed by atoms with Gasteiger partial charge in [-0.15, -0.1) is 0 Å². The van der Waals surface area contributed by atoms with E-state index in [9.17, 15) is 4.79 Å². The molecule has 1 amide bonds. The summed E-state index contributed by atoms with van der Waals surface area (Å²) >= 11 is 9.46. The molecule has 1 aromatic heterocycles. The number of anilines is 1. The number of hydrogen-bond acceptors (Lipinski definition) is 3. The van der Waals surface area contributed by atoms with Gasteiger partial charge in [-0.2, -0.15) is 0 Å². The van der Waals surface area contributed by atoms with Crippen molar-refractivity contribution in [1.82, 2.24) is 4.98 Å². The van der Waals surface area contributed by atoms with Gasteiger partial charge in [0.25, 0.3) is 5.91 Å². The second-order valence-corrected chi connectivity index (χ2v) is 5.54. The van der Waals surface area contributed by atoms with Gasteiger partial charge in [0.1, 0.15) is 4.60 Å². The van der Waals surface area contributed by atoms with Crippen LogP contribution in [0.2, 0.25) is 5.02 Å². The summed E-state index contributed by atoms with van der Waals surface area (Å²) in [6.07, 6.45) is 0. The maximum absolute atomic E-state index is 12.1. The van der Waals surface area contributed by atoms with Crippen molar-refractivity contribution < 1.29 is 9.53 Å². The van der Waals surface area contributed by atoms with Crippen LogP contribution in [0.1, 0.15) is 5.56 Å². The number of benzene rings is 1. The Kier molecular flexibility index (Phi) is 3.63. The fraction of sp³-hybridized carbons (Fsp3) is 0.143. The molecule has 0 N–H and O–H groups in total. The molecule has 1 aliphatic rings. The summed E-state index contributed by atoms with van der Waals surface area (Å²) in [6.45, 7) is 0.388. The van der Waals surface area contributed by atoms with Crippen LogP contribution in [0.15, 0.2) is 41.0 Å². The van der Waals surface area contributed by atoms with E-state index in [1.54, 1.807) is 23.1 Å². The molecule has 0 saturated heterocycles. The summed E-state index contributed by atoms with van der Waals surface area (Å²) in [5.74, 6) is 0.971. The van der Waals surface area contributed by atoms with Crippen molar-refractivity contribution >= 4 is 39.3 Å². The molecule has 0 aliphatic carbocycles. The van der Waals surface area contributed by atoms with Gasteiger partial charge in [0, 0.05) is 5.02 Å². The van der Waals surface area contributed by atoms with Crippen LogP contribution in [0.5, 0.6) is 5.75 Å². The number of hydrogen-bond donors (Lipinski definition) is 0. The summed E-state index contributed by atoms with van der Waals surface area (Å²) in [6, 6.07) is 11.0. The Balaban J connectivity index is 1.99. The van der Waals surface area contributed by atoms with Crippen LogP contribution in [0.4, 0.5) is 5.82 Å². The first kappa shape index (κ1) is 13.4. The fourth-order valence-electron chi connectivity index (χ4n) is 2.01. The van der Waals surface area contributed by atoms with Gasteiger partial charge in [0.15, 0.2) is 18.2 Å². The highest BCUT2D eigenvalue weighted by Crippen LogP contribution is 2.33. The van der Waals surface area contributed by atoms with E-state index in [4.69, 9.17) is 16.3 Å². The van der Waals surface area contributed by atoms with Crippen molar-refractivity contribution in [1.29, 1.82) is 0 Å². The van der Waals surface area contributed by atoms with E-state index >= 15 is 0 Å². The molecule has 102 valence electrons. The topological polar surface area (TPSA) is 42.4 Å². The van der Waals surface area contributed by atoms with Crippen LogP contribution < -0.4 is 9.64 Å². The molecule has 2 heterocycles. The molecule has 0 fully saturated rings. The van der Waals surface area contributed by atoms with E-state index in [2.05, 4.69) is 20.9 Å². The van der Waals surface area contributed by atoms with Gasteiger partial charge in [0.05, 0.1) is 6.54 Å². The highest BCUT2D eigenvalue weighted by atomic mass is 79.9. The highest BCUT2D eigenvalue weighted by Gasteiger charge is 2.27. The lowest BCUT2D eigenvalue weighted by atomic mass is 10.2. The van der Waals surface area contributed by atoms with Gasteiger partial charge in [-0.25, -0.2) is 4.98 Å². The number of amides is 1. The smallest absolute Gasteiger partial charge is 0.266 e. The van der Waals surface area contributed by atoms with Gasteiger partial charge in [-0.3, -0.25) is 9.69 Å². The Morgan fingerprint density at radius 3 is 2.90 bits per heavy atom. The molecule has 0 spiro atoms. The maximum atomic E-state index is 12.1. The lowest BCUT2D eigenvalue weighted by Gasteiger charge is -2.28. The van der Waals surface area contributed by atoms with Crippen molar-refractivity contribution in [3.8, 4) is 5.75 Å². The molecule has 0 radical (unpaired) electrons. The third-order valence-corrected chi connectivity index (χ3v) is 3.81. The average Bonchev–Trinajstić information content (AvgIpc) is 2.44. The Morgan fingerprint density at radius 2 is 2.10 bits per heavy atom. The lowest BCUT2D eigenvalue weighted by Crippen LogP contribution is -2.39. The van der Waals surface area contributed by atoms with Crippen LogP contribution in [0.25, 0.3) is 0 Å². The number of carbonyl (C=O) groups is 1. The summed E-state index contributed by atoms with van der Waals surface area (Å²) in [5, 5.41) is 0.628. The standard InChI is InChI=1S/C14H10BrClN2O2/c15-12-6-5-11-14(17-12)18(13(19)8-20-11)7-9-3-1-2-4-10(9)16/h1-6H,7-8H2. The number of halogens is 2. The first-order valence-electron chi connectivity index (χ1n) is 5.98.